The number of hydrogen-bond acceptors (Lipinski definition) is 4. The molecule has 0 fully saturated rings. The van der Waals surface area contributed by atoms with E-state index in [9.17, 15) is 0 Å². The first kappa shape index (κ1) is 20.8. The normalized spacial score (nSPS) is 11.1. The van der Waals surface area contributed by atoms with Gasteiger partial charge in [-0.3, -0.25) is 4.99 Å². The van der Waals surface area contributed by atoms with Crippen LogP contribution in [0, 0.1) is 5.92 Å². The molecule has 0 atom stereocenters. The van der Waals surface area contributed by atoms with Gasteiger partial charge in [0.2, 0.25) is 0 Å². The van der Waals surface area contributed by atoms with Crippen LogP contribution in [-0.2, 0) is 0 Å². The van der Waals surface area contributed by atoms with Gasteiger partial charge >= 0.3 is 0 Å². The Bertz CT molecular complexity index is 709. The Morgan fingerprint density at radius 3 is 2.44 bits per heavy atom. The Labute approximate surface area is 164 Å². The molecule has 0 aliphatic heterocycles. The van der Waals surface area contributed by atoms with Gasteiger partial charge < -0.3 is 15.5 Å². The van der Waals surface area contributed by atoms with Gasteiger partial charge in [0.25, 0.3) is 0 Å². The molecule has 0 heterocycles. The number of aliphatic imine (C=N–C) groups is 1. The molecule has 2 aromatic carbocycles. The molecule has 2 aromatic rings. The summed E-state index contributed by atoms with van der Waals surface area (Å²) in [5.74, 6) is 0.697. The molecular weight excluding hydrogens is 332 g/mol. The van der Waals surface area contributed by atoms with Crippen molar-refractivity contribution in [1.82, 2.24) is 0 Å². The fourth-order valence-electron chi connectivity index (χ4n) is 2.94. The third-order valence-corrected chi connectivity index (χ3v) is 4.43. The third-order valence-electron chi connectivity index (χ3n) is 4.43. The highest BCUT2D eigenvalue weighted by Gasteiger charge is 2.05. The predicted octanol–water partition coefficient (Wildman–Crippen LogP) is 5.81. The average Bonchev–Trinajstić information content (AvgIpc) is 2.66. The molecule has 0 saturated carbocycles. The molecule has 0 bridgehead atoms. The van der Waals surface area contributed by atoms with Crippen molar-refractivity contribution in [2.75, 3.05) is 42.2 Å². The van der Waals surface area contributed by atoms with Crippen molar-refractivity contribution >= 4 is 29.0 Å². The quantitative estimate of drug-likeness (QED) is 0.493. The molecule has 2 rings (SSSR count). The van der Waals surface area contributed by atoms with Crippen LogP contribution in [0.1, 0.15) is 33.6 Å². The summed E-state index contributed by atoms with van der Waals surface area (Å²) in [4.78, 5) is 6.95. The molecule has 27 heavy (non-hydrogen) atoms. The number of anilines is 3. The van der Waals surface area contributed by atoms with Gasteiger partial charge in [0, 0.05) is 26.4 Å². The second kappa shape index (κ2) is 11.3. The van der Waals surface area contributed by atoms with Gasteiger partial charge in [-0.25, -0.2) is 0 Å². The minimum atomic E-state index is 0.692. The van der Waals surface area contributed by atoms with E-state index in [1.807, 2.05) is 12.3 Å². The first-order valence-electron chi connectivity index (χ1n) is 10.0. The van der Waals surface area contributed by atoms with E-state index in [1.54, 1.807) is 0 Å². The van der Waals surface area contributed by atoms with Crippen molar-refractivity contribution in [3.8, 4) is 0 Å². The summed E-state index contributed by atoms with van der Waals surface area (Å²) in [6, 6.07) is 16.7. The third kappa shape index (κ3) is 6.97. The van der Waals surface area contributed by atoms with Gasteiger partial charge in [0.15, 0.2) is 0 Å². The monoisotopic (exact) mass is 366 g/mol. The van der Waals surface area contributed by atoms with Crippen molar-refractivity contribution in [3.05, 3.63) is 48.5 Å². The Morgan fingerprint density at radius 2 is 1.70 bits per heavy atom. The lowest BCUT2D eigenvalue weighted by atomic mass is 10.1. The van der Waals surface area contributed by atoms with Crippen LogP contribution in [0.5, 0.6) is 0 Å². The van der Waals surface area contributed by atoms with Crippen LogP contribution in [0.4, 0.5) is 22.7 Å². The number of rotatable bonds is 11. The topological polar surface area (TPSA) is 39.7 Å². The van der Waals surface area contributed by atoms with Crippen LogP contribution in [-0.4, -0.2) is 32.9 Å². The van der Waals surface area contributed by atoms with E-state index in [0.717, 1.165) is 43.0 Å². The molecule has 146 valence electrons. The van der Waals surface area contributed by atoms with Gasteiger partial charge in [-0.2, -0.15) is 0 Å². The molecule has 0 spiro atoms. The molecule has 0 radical (unpaired) electrons. The number of hydrogen-bond donors (Lipinski definition) is 2. The zero-order chi connectivity index (χ0) is 19.5. The predicted molar refractivity (Wildman–Crippen MR) is 121 cm³/mol. The van der Waals surface area contributed by atoms with Crippen molar-refractivity contribution < 1.29 is 0 Å². The molecule has 0 aromatic heterocycles. The number of benzene rings is 2. The highest BCUT2D eigenvalue weighted by atomic mass is 15.1. The molecule has 0 amide bonds. The van der Waals surface area contributed by atoms with Crippen LogP contribution < -0.4 is 15.5 Å². The van der Waals surface area contributed by atoms with E-state index in [4.69, 9.17) is 0 Å². The molecule has 4 heteroatoms. The lowest BCUT2D eigenvalue weighted by molar-refractivity contribution is 0.607. The maximum absolute atomic E-state index is 4.67. The van der Waals surface area contributed by atoms with Crippen LogP contribution in [0.15, 0.2) is 53.5 Å². The summed E-state index contributed by atoms with van der Waals surface area (Å²) in [5.41, 5.74) is 4.45. The van der Waals surface area contributed by atoms with Gasteiger partial charge in [0.1, 0.15) is 0 Å². The summed E-state index contributed by atoms with van der Waals surface area (Å²) >= 11 is 0. The molecule has 0 saturated heterocycles. The minimum Gasteiger partial charge on any atom is -0.383 e. The van der Waals surface area contributed by atoms with Crippen LogP contribution in [0.2, 0.25) is 0 Å². The second-order valence-corrected chi connectivity index (χ2v) is 7.26. The lowest BCUT2D eigenvalue weighted by Gasteiger charge is -2.22. The van der Waals surface area contributed by atoms with E-state index < -0.39 is 0 Å². The van der Waals surface area contributed by atoms with E-state index >= 15 is 0 Å². The number of nitrogens with one attached hydrogen (secondary N) is 2. The van der Waals surface area contributed by atoms with E-state index in [-0.39, 0.29) is 0 Å². The maximum atomic E-state index is 4.67. The summed E-state index contributed by atoms with van der Waals surface area (Å²) in [6.45, 7) is 9.39. The molecule has 2 N–H and O–H groups in total. The highest BCUT2D eigenvalue weighted by molar-refractivity contribution is 5.77. The standard InChI is InChI=1S/C23H34N4/c1-5-18-27(4)23-13-9-8-12-22(23)26-17-16-25-21-11-7-6-10-20(21)24-15-14-19(2)3/h6-13,16,19,24,26H,5,14-15,17-18H2,1-4H3. The van der Waals surface area contributed by atoms with Crippen molar-refractivity contribution in [2.24, 2.45) is 10.9 Å². The Kier molecular flexibility index (Phi) is 8.69. The maximum Gasteiger partial charge on any atom is 0.0857 e. The summed E-state index contributed by atoms with van der Waals surface area (Å²) in [7, 11) is 2.14. The van der Waals surface area contributed by atoms with Crippen LogP contribution in [0.25, 0.3) is 0 Å². The molecular formula is C23H34N4. The van der Waals surface area contributed by atoms with Crippen molar-refractivity contribution in [3.63, 3.8) is 0 Å². The zero-order valence-electron chi connectivity index (χ0n) is 17.2. The van der Waals surface area contributed by atoms with Gasteiger partial charge in [-0.1, -0.05) is 45.0 Å². The Hall–Kier alpha value is -2.49. The largest absolute Gasteiger partial charge is 0.383 e. The van der Waals surface area contributed by atoms with Gasteiger partial charge in [-0.15, -0.1) is 0 Å². The zero-order valence-corrected chi connectivity index (χ0v) is 17.2. The highest BCUT2D eigenvalue weighted by Crippen LogP contribution is 2.25. The smallest absolute Gasteiger partial charge is 0.0857 e. The summed E-state index contributed by atoms with van der Waals surface area (Å²) in [5, 5.41) is 6.99. The van der Waals surface area contributed by atoms with Crippen molar-refractivity contribution in [1.29, 1.82) is 0 Å². The number of para-hydroxylation sites is 4. The molecule has 0 unspecified atom stereocenters. The first-order chi connectivity index (χ1) is 13.1. The molecule has 0 aliphatic carbocycles. The first-order valence-corrected chi connectivity index (χ1v) is 10.0. The minimum absolute atomic E-state index is 0.692. The fraction of sp³-hybridized carbons (Fsp3) is 0.435. The molecule has 4 nitrogen and oxygen atoms in total. The summed E-state index contributed by atoms with van der Waals surface area (Å²) in [6.07, 6.45) is 4.23. The number of nitrogens with zero attached hydrogens (tertiary/aromatic N) is 2. The van der Waals surface area contributed by atoms with E-state index in [0.29, 0.717) is 12.5 Å². The van der Waals surface area contributed by atoms with Crippen LogP contribution >= 0.6 is 0 Å². The Morgan fingerprint density at radius 1 is 1.00 bits per heavy atom. The van der Waals surface area contributed by atoms with Gasteiger partial charge in [-0.05, 0) is 43.0 Å². The lowest BCUT2D eigenvalue weighted by Crippen LogP contribution is -2.19. The van der Waals surface area contributed by atoms with Crippen molar-refractivity contribution in [2.45, 2.75) is 33.6 Å². The fourth-order valence-corrected chi connectivity index (χ4v) is 2.94. The van der Waals surface area contributed by atoms with E-state index in [1.165, 1.54) is 5.69 Å². The summed E-state index contributed by atoms with van der Waals surface area (Å²) < 4.78 is 0. The van der Waals surface area contributed by atoms with Crippen LogP contribution in [0.3, 0.4) is 0 Å². The SMILES string of the molecule is CCCN(C)c1ccccc1NCC=Nc1ccccc1NCCC(C)C. The molecule has 0 aliphatic rings. The average molecular weight is 367 g/mol. The second-order valence-electron chi connectivity index (χ2n) is 7.26. The Balaban J connectivity index is 1.95. The van der Waals surface area contributed by atoms with Gasteiger partial charge in [0.05, 0.1) is 29.3 Å². The van der Waals surface area contributed by atoms with E-state index in [2.05, 4.69) is 90.8 Å².